The first-order valence-electron chi connectivity index (χ1n) is 10.0. The molecule has 2 heterocycles. The molecule has 4 rings (SSSR count). The molecule has 2 aliphatic rings. The van der Waals surface area contributed by atoms with Gasteiger partial charge in [0.05, 0.1) is 30.9 Å². The van der Waals surface area contributed by atoms with Crippen molar-refractivity contribution in [2.24, 2.45) is 4.99 Å². The Morgan fingerprint density at radius 1 is 1.17 bits per heavy atom. The van der Waals surface area contributed by atoms with Crippen LogP contribution in [0.4, 0.5) is 5.69 Å². The molecule has 0 bridgehead atoms. The minimum Gasteiger partial charge on any atom is -0.494 e. The summed E-state index contributed by atoms with van der Waals surface area (Å²) >= 11 is 0. The molecule has 0 N–H and O–H groups in total. The Morgan fingerprint density at radius 3 is 2.69 bits per heavy atom. The Bertz CT molecular complexity index is 917. The lowest BCUT2D eigenvalue weighted by molar-refractivity contribution is -0.118. The van der Waals surface area contributed by atoms with Gasteiger partial charge in [0.1, 0.15) is 5.75 Å². The number of anilines is 1. The van der Waals surface area contributed by atoms with Gasteiger partial charge in [-0.2, -0.15) is 0 Å². The number of amides is 2. The summed E-state index contributed by atoms with van der Waals surface area (Å²) in [5.41, 5.74) is 1.74. The zero-order valence-corrected chi connectivity index (χ0v) is 16.4. The second-order valence-corrected chi connectivity index (χ2v) is 7.12. The van der Waals surface area contributed by atoms with E-state index in [1.165, 1.54) is 4.90 Å². The van der Waals surface area contributed by atoms with Crippen LogP contribution in [0.15, 0.2) is 53.5 Å². The highest BCUT2D eigenvalue weighted by Crippen LogP contribution is 2.32. The van der Waals surface area contributed by atoms with E-state index in [1.54, 1.807) is 36.5 Å². The summed E-state index contributed by atoms with van der Waals surface area (Å²) in [6, 6.07) is 14.2. The maximum atomic E-state index is 13.3. The number of aliphatic imine (C=N–C) groups is 1. The van der Waals surface area contributed by atoms with Crippen LogP contribution in [0, 0.1) is 0 Å². The van der Waals surface area contributed by atoms with Gasteiger partial charge in [-0.05, 0) is 55.7 Å². The first-order valence-corrected chi connectivity index (χ1v) is 10.0. The second-order valence-electron chi connectivity index (χ2n) is 7.12. The molecule has 0 saturated carbocycles. The van der Waals surface area contributed by atoms with Crippen molar-refractivity contribution in [1.29, 1.82) is 0 Å². The van der Waals surface area contributed by atoms with Gasteiger partial charge in [-0.1, -0.05) is 18.2 Å². The van der Waals surface area contributed by atoms with E-state index in [0.29, 0.717) is 35.7 Å². The Kier molecular flexibility index (Phi) is 5.71. The Hall–Kier alpha value is -2.99. The van der Waals surface area contributed by atoms with E-state index < -0.39 is 5.92 Å². The van der Waals surface area contributed by atoms with E-state index in [2.05, 4.69) is 4.99 Å². The van der Waals surface area contributed by atoms with Gasteiger partial charge in [0.15, 0.2) is 0 Å². The van der Waals surface area contributed by atoms with E-state index in [0.717, 1.165) is 19.4 Å². The molecule has 6 heteroatoms. The Balaban J connectivity index is 1.64. The summed E-state index contributed by atoms with van der Waals surface area (Å²) in [5.74, 6) is -0.521. The van der Waals surface area contributed by atoms with Crippen LogP contribution in [0.25, 0.3) is 0 Å². The van der Waals surface area contributed by atoms with Gasteiger partial charge in [-0.15, -0.1) is 0 Å². The number of fused-ring (bicyclic) bond motifs is 1. The fourth-order valence-corrected chi connectivity index (χ4v) is 3.77. The van der Waals surface area contributed by atoms with Gasteiger partial charge in [-0.25, -0.2) is 4.90 Å². The average Bonchev–Trinajstić information content (AvgIpc) is 3.26. The standard InChI is InChI=1S/C23H24N2O4/c1-2-28-17-11-9-16(10-12-17)25-22(26)20-8-4-3-7-19(20)21(23(25)27)15-24-14-18-6-5-13-29-18/h3-4,7-12,15,18,21H,2,5-6,13-14H2,1H3/t18-,21+/m1/s1. The molecule has 2 aliphatic heterocycles. The molecule has 1 fully saturated rings. The first kappa shape index (κ1) is 19.3. The van der Waals surface area contributed by atoms with Crippen molar-refractivity contribution in [2.45, 2.75) is 31.8 Å². The van der Waals surface area contributed by atoms with E-state index in [-0.39, 0.29) is 17.9 Å². The van der Waals surface area contributed by atoms with Crippen LogP contribution in [0.2, 0.25) is 0 Å². The molecule has 0 aliphatic carbocycles. The van der Waals surface area contributed by atoms with Crippen LogP contribution in [0.5, 0.6) is 5.75 Å². The lowest BCUT2D eigenvalue weighted by Gasteiger charge is -2.31. The predicted molar refractivity (Wildman–Crippen MR) is 111 cm³/mol. The Morgan fingerprint density at radius 2 is 1.97 bits per heavy atom. The lowest BCUT2D eigenvalue weighted by Crippen LogP contribution is -2.45. The average molecular weight is 392 g/mol. The number of hydrogen-bond donors (Lipinski definition) is 0. The number of rotatable bonds is 6. The number of nitrogens with zero attached hydrogens (tertiary/aromatic N) is 2. The predicted octanol–water partition coefficient (Wildman–Crippen LogP) is 3.61. The van der Waals surface area contributed by atoms with Crippen LogP contribution in [0.1, 0.15) is 41.6 Å². The van der Waals surface area contributed by atoms with Crippen molar-refractivity contribution in [3.63, 3.8) is 0 Å². The van der Waals surface area contributed by atoms with Crippen molar-refractivity contribution < 1.29 is 19.1 Å². The van der Waals surface area contributed by atoms with Gasteiger partial charge < -0.3 is 9.47 Å². The maximum Gasteiger partial charge on any atom is 0.265 e. The molecule has 2 amide bonds. The topological polar surface area (TPSA) is 68.2 Å². The summed E-state index contributed by atoms with van der Waals surface area (Å²) in [5, 5.41) is 0. The van der Waals surface area contributed by atoms with Gasteiger partial charge in [0.2, 0.25) is 5.91 Å². The highest BCUT2D eigenvalue weighted by atomic mass is 16.5. The summed E-state index contributed by atoms with van der Waals surface area (Å²) in [4.78, 5) is 32.1. The molecule has 0 unspecified atom stereocenters. The molecule has 29 heavy (non-hydrogen) atoms. The van der Waals surface area contributed by atoms with Crippen molar-refractivity contribution in [2.75, 3.05) is 24.7 Å². The second kappa shape index (κ2) is 8.57. The number of carbonyl (C=O) groups excluding carboxylic acids is 2. The third-order valence-corrected chi connectivity index (χ3v) is 5.21. The van der Waals surface area contributed by atoms with Gasteiger partial charge in [0.25, 0.3) is 5.91 Å². The number of hydrogen-bond acceptors (Lipinski definition) is 5. The number of carbonyl (C=O) groups is 2. The van der Waals surface area contributed by atoms with Crippen LogP contribution in [-0.2, 0) is 9.53 Å². The monoisotopic (exact) mass is 392 g/mol. The van der Waals surface area contributed by atoms with Crippen LogP contribution < -0.4 is 9.64 Å². The molecule has 0 radical (unpaired) electrons. The molecule has 2 atom stereocenters. The van der Waals surface area contributed by atoms with Gasteiger partial charge in [0, 0.05) is 18.4 Å². The summed E-state index contributed by atoms with van der Waals surface area (Å²) < 4.78 is 11.1. The molecule has 1 saturated heterocycles. The SMILES string of the molecule is CCOc1ccc(N2C(=O)c3ccccc3[C@H](C=NC[C@H]3CCCO3)C2=O)cc1. The van der Waals surface area contributed by atoms with E-state index in [1.807, 2.05) is 25.1 Å². The molecule has 2 aromatic carbocycles. The van der Waals surface area contributed by atoms with Gasteiger partial charge >= 0.3 is 0 Å². The normalized spacial score (nSPS) is 21.6. The highest BCUT2D eigenvalue weighted by Gasteiger charge is 2.38. The zero-order valence-electron chi connectivity index (χ0n) is 16.4. The largest absolute Gasteiger partial charge is 0.494 e. The summed E-state index contributed by atoms with van der Waals surface area (Å²) in [6.07, 6.45) is 3.81. The lowest BCUT2D eigenvalue weighted by atomic mass is 9.89. The minimum atomic E-state index is -0.600. The smallest absolute Gasteiger partial charge is 0.265 e. The third kappa shape index (κ3) is 3.93. The van der Waals surface area contributed by atoms with Crippen LogP contribution >= 0.6 is 0 Å². The molecule has 6 nitrogen and oxygen atoms in total. The molecular weight excluding hydrogens is 368 g/mol. The molecular formula is C23H24N2O4. The summed E-state index contributed by atoms with van der Waals surface area (Å²) in [6.45, 7) is 3.76. The van der Waals surface area contributed by atoms with E-state index in [9.17, 15) is 9.59 Å². The van der Waals surface area contributed by atoms with Crippen molar-refractivity contribution >= 4 is 23.7 Å². The molecule has 0 aromatic heterocycles. The molecule has 150 valence electrons. The van der Waals surface area contributed by atoms with Crippen molar-refractivity contribution in [3.05, 3.63) is 59.7 Å². The van der Waals surface area contributed by atoms with E-state index >= 15 is 0 Å². The first-order chi connectivity index (χ1) is 14.2. The summed E-state index contributed by atoms with van der Waals surface area (Å²) in [7, 11) is 0. The fourth-order valence-electron chi connectivity index (χ4n) is 3.77. The molecule has 0 spiro atoms. The van der Waals surface area contributed by atoms with Crippen LogP contribution in [0.3, 0.4) is 0 Å². The van der Waals surface area contributed by atoms with E-state index in [4.69, 9.17) is 9.47 Å². The van der Waals surface area contributed by atoms with Gasteiger partial charge in [-0.3, -0.25) is 14.6 Å². The Labute approximate surface area is 170 Å². The number of benzene rings is 2. The third-order valence-electron chi connectivity index (χ3n) is 5.21. The fraction of sp³-hybridized carbons (Fsp3) is 0.348. The minimum absolute atomic E-state index is 0.115. The number of ether oxygens (including phenoxy) is 2. The number of imide groups is 1. The van der Waals surface area contributed by atoms with Crippen LogP contribution in [-0.4, -0.2) is 43.9 Å². The molecule has 2 aromatic rings. The van der Waals surface area contributed by atoms with Crippen molar-refractivity contribution in [1.82, 2.24) is 0 Å². The van der Waals surface area contributed by atoms with Crippen molar-refractivity contribution in [3.8, 4) is 5.75 Å². The maximum absolute atomic E-state index is 13.3. The quantitative estimate of drug-likeness (QED) is 0.556. The zero-order chi connectivity index (χ0) is 20.2. The highest BCUT2D eigenvalue weighted by molar-refractivity contribution is 6.29.